The van der Waals surface area contributed by atoms with E-state index < -0.39 is 5.91 Å². The minimum Gasteiger partial charge on any atom is -0.493 e. The van der Waals surface area contributed by atoms with Crippen LogP contribution in [-0.2, 0) is 0 Å². The minimum atomic E-state index is -0.550. The molecule has 134 valence electrons. The molecule has 0 saturated heterocycles. The second-order valence-electron chi connectivity index (χ2n) is 5.65. The Hall–Kier alpha value is -1.86. The molecule has 0 spiro atoms. The number of carbonyl (C=O) groups excluding carboxylic acids is 2. The van der Waals surface area contributed by atoms with Gasteiger partial charge >= 0.3 is 0 Å². The molecule has 2 rings (SSSR count). The predicted octanol–water partition coefficient (Wildman–Crippen LogP) is 4.66. The lowest BCUT2D eigenvalue weighted by Crippen LogP contribution is -2.18. The molecule has 0 radical (unpaired) electrons. The number of benzene rings is 1. The molecule has 0 aliphatic rings. The van der Waals surface area contributed by atoms with E-state index in [-0.39, 0.29) is 5.91 Å². The Kier molecular flexibility index (Phi) is 6.61. The van der Waals surface area contributed by atoms with Crippen LogP contribution in [0.5, 0.6) is 5.75 Å². The average molecular weight is 425 g/mol. The van der Waals surface area contributed by atoms with Crippen LogP contribution in [0.3, 0.4) is 0 Å². The number of hydrogen-bond donors (Lipinski definition) is 2. The van der Waals surface area contributed by atoms with Gasteiger partial charge in [-0.2, -0.15) is 0 Å². The molecule has 7 heteroatoms. The normalized spacial score (nSPS) is 10.6. The van der Waals surface area contributed by atoms with Gasteiger partial charge in [0, 0.05) is 9.35 Å². The third-order valence-corrected chi connectivity index (χ3v) is 5.42. The summed E-state index contributed by atoms with van der Waals surface area (Å²) in [7, 11) is 0. The summed E-state index contributed by atoms with van der Waals surface area (Å²) < 4.78 is 6.50. The SMILES string of the molecule is CCCCOc1ccc(Br)cc1C(=O)Nc1sc(C)c(C)c1C(N)=O. The maximum Gasteiger partial charge on any atom is 0.260 e. The Labute approximate surface area is 159 Å². The lowest BCUT2D eigenvalue weighted by atomic mass is 10.1. The molecule has 25 heavy (non-hydrogen) atoms. The van der Waals surface area contributed by atoms with E-state index in [1.165, 1.54) is 11.3 Å². The molecule has 3 N–H and O–H groups in total. The highest BCUT2D eigenvalue weighted by Crippen LogP contribution is 2.33. The number of ether oxygens (including phenoxy) is 1. The number of rotatable bonds is 7. The molecule has 0 aliphatic heterocycles. The first kappa shape index (κ1) is 19.5. The van der Waals surface area contributed by atoms with Crippen molar-refractivity contribution in [1.29, 1.82) is 0 Å². The second-order valence-corrected chi connectivity index (χ2v) is 7.79. The number of hydrogen-bond acceptors (Lipinski definition) is 4. The van der Waals surface area contributed by atoms with Crippen molar-refractivity contribution in [2.24, 2.45) is 5.73 Å². The van der Waals surface area contributed by atoms with Crippen molar-refractivity contribution in [3.05, 3.63) is 44.2 Å². The topological polar surface area (TPSA) is 81.4 Å². The van der Waals surface area contributed by atoms with Crippen molar-refractivity contribution in [2.75, 3.05) is 11.9 Å². The molecule has 1 heterocycles. The van der Waals surface area contributed by atoms with Crippen molar-refractivity contribution in [1.82, 2.24) is 0 Å². The lowest BCUT2D eigenvalue weighted by molar-refractivity contribution is 0.100. The molecule has 0 aliphatic carbocycles. The third kappa shape index (κ3) is 4.61. The molecule has 2 aromatic rings. The zero-order valence-corrected chi connectivity index (χ0v) is 16.8. The van der Waals surface area contributed by atoms with Gasteiger partial charge in [-0.3, -0.25) is 9.59 Å². The van der Waals surface area contributed by atoms with E-state index in [4.69, 9.17) is 10.5 Å². The van der Waals surface area contributed by atoms with Gasteiger partial charge in [-0.25, -0.2) is 0 Å². The van der Waals surface area contributed by atoms with Gasteiger partial charge in [0.05, 0.1) is 17.7 Å². The van der Waals surface area contributed by atoms with E-state index >= 15 is 0 Å². The Morgan fingerprint density at radius 2 is 2.04 bits per heavy atom. The monoisotopic (exact) mass is 424 g/mol. The summed E-state index contributed by atoms with van der Waals surface area (Å²) in [5.74, 6) is -0.373. The van der Waals surface area contributed by atoms with Crippen molar-refractivity contribution >= 4 is 44.1 Å². The van der Waals surface area contributed by atoms with Gasteiger partial charge in [0.2, 0.25) is 0 Å². The smallest absolute Gasteiger partial charge is 0.260 e. The fraction of sp³-hybridized carbons (Fsp3) is 0.333. The Bertz CT molecular complexity index is 802. The number of unbranched alkanes of at least 4 members (excludes halogenated alkanes) is 1. The molecule has 1 aromatic heterocycles. The van der Waals surface area contributed by atoms with Gasteiger partial charge in [0.1, 0.15) is 10.8 Å². The summed E-state index contributed by atoms with van der Waals surface area (Å²) >= 11 is 4.72. The highest BCUT2D eigenvalue weighted by molar-refractivity contribution is 9.10. The summed E-state index contributed by atoms with van der Waals surface area (Å²) in [6.45, 7) is 6.33. The zero-order chi connectivity index (χ0) is 18.6. The zero-order valence-electron chi connectivity index (χ0n) is 14.4. The number of primary amides is 1. The molecule has 0 fully saturated rings. The Morgan fingerprint density at radius 1 is 1.32 bits per heavy atom. The number of carbonyl (C=O) groups is 2. The minimum absolute atomic E-state index is 0.337. The largest absolute Gasteiger partial charge is 0.493 e. The molecular weight excluding hydrogens is 404 g/mol. The highest BCUT2D eigenvalue weighted by Gasteiger charge is 2.21. The molecule has 2 amide bonds. The first-order valence-electron chi connectivity index (χ1n) is 7.98. The summed E-state index contributed by atoms with van der Waals surface area (Å²) in [6, 6.07) is 5.29. The fourth-order valence-electron chi connectivity index (χ4n) is 2.31. The number of nitrogens with one attached hydrogen (secondary N) is 1. The van der Waals surface area contributed by atoms with Crippen molar-refractivity contribution in [2.45, 2.75) is 33.6 Å². The van der Waals surface area contributed by atoms with Gasteiger partial charge < -0.3 is 15.8 Å². The van der Waals surface area contributed by atoms with Gasteiger partial charge in [0.25, 0.3) is 11.8 Å². The Morgan fingerprint density at radius 3 is 2.68 bits per heavy atom. The number of thiophene rings is 1. The first-order valence-corrected chi connectivity index (χ1v) is 9.59. The van der Waals surface area contributed by atoms with E-state index in [9.17, 15) is 9.59 Å². The molecule has 0 saturated carbocycles. The van der Waals surface area contributed by atoms with Crippen LogP contribution in [0.15, 0.2) is 22.7 Å². The predicted molar refractivity (Wildman–Crippen MR) is 105 cm³/mol. The van der Waals surface area contributed by atoms with Crippen LogP contribution in [0.1, 0.15) is 50.9 Å². The maximum absolute atomic E-state index is 12.8. The van der Waals surface area contributed by atoms with Gasteiger partial charge in [0.15, 0.2) is 0 Å². The van der Waals surface area contributed by atoms with Crippen LogP contribution >= 0.6 is 27.3 Å². The Balaban J connectivity index is 2.31. The summed E-state index contributed by atoms with van der Waals surface area (Å²) in [4.78, 5) is 25.4. The standard InChI is InChI=1S/C18H21BrN2O3S/c1-4-5-8-24-14-7-6-12(19)9-13(14)17(23)21-18-15(16(20)22)10(2)11(3)25-18/h6-7,9H,4-5,8H2,1-3H3,(H2,20,22)(H,21,23). The molecular formula is C18H21BrN2O3S. The van der Waals surface area contributed by atoms with Gasteiger partial charge in [-0.05, 0) is 44.0 Å². The van der Waals surface area contributed by atoms with Crippen LogP contribution < -0.4 is 15.8 Å². The highest BCUT2D eigenvalue weighted by atomic mass is 79.9. The third-order valence-electron chi connectivity index (χ3n) is 3.80. The quantitative estimate of drug-likeness (QED) is 0.634. The van der Waals surface area contributed by atoms with Crippen molar-refractivity contribution in [3.8, 4) is 5.75 Å². The van der Waals surface area contributed by atoms with E-state index in [0.717, 1.165) is 27.8 Å². The number of halogens is 1. The number of amides is 2. The summed E-state index contributed by atoms with van der Waals surface area (Å²) in [5, 5.41) is 3.27. The molecule has 0 bridgehead atoms. The molecule has 0 unspecified atom stereocenters. The van der Waals surface area contributed by atoms with Crippen molar-refractivity contribution < 1.29 is 14.3 Å². The van der Waals surface area contributed by atoms with Crippen LogP contribution in [0.25, 0.3) is 0 Å². The average Bonchev–Trinajstić information content (AvgIpc) is 2.83. The van der Waals surface area contributed by atoms with Crippen LogP contribution in [-0.4, -0.2) is 18.4 Å². The number of anilines is 1. The van der Waals surface area contributed by atoms with Crippen LogP contribution in [0, 0.1) is 13.8 Å². The van der Waals surface area contributed by atoms with Gasteiger partial charge in [-0.1, -0.05) is 29.3 Å². The maximum atomic E-state index is 12.8. The van der Waals surface area contributed by atoms with E-state index in [2.05, 4.69) is 28.2 Å². The first-order chi connectivity index (χ1) is 11.8. The van der Waals surface area contributed by atoms with E-state index in [1.807, 2.05) is 19.9 Å². The summed E-state index contributed by atoms with van der Waals surface area (Å²) in [6.07, 6.45) is 1.92. The van der Waals surface area contributed by atoms with Crippen molar-refractivity contribution in [3.63, 3.8) is 0 Å². The molecule has 1 aromatic carbocycles. The number of nitrogens with two attached hydrogens (primary N) is 1. The van der Waals surface area contributed by atoms with Crippen LogP contribution in [0.4, 0.5) is 5.00 Å². The van der Waals surface area contributed by atoms with E-state index in [1.54, 1.807) is 12.1 Å². The van der Waals surface area contributed by atoms with Crippen LogP contribution in [0.2, 0.25) is 0 Å². The van der Waals surface area contributed by atoms with Gasteiger partial charge in [-0.15, -0.1) is 11.3 Å². The molecule has 5 nitrogen and oxygen atoms in total. The molecule has 0 atom stereocenters. The lowest BCUT2D eigenvalue weighted by Gasteiger charge is -2.12. The fourth-order valence-corrected chi connectivity index (χ4v) is 3.74. The summed E-state index contributed by atoms with van der Waals surface area (Å²) in [5.41, 5.74) is 7.02. The van der Waals surface area contributed by atoms with E-state index in [0.29, 0.717) is 28.5 Å². The number of aryl methyl sites for hydroxylation is 1. The second kappa shape index (κ2) is 8.49.